The first-order chi connectivity index (χ1) is 7.27. The fourth-order valence-electron chi connectivity index (χ4n) is 1.41. The van der Waals surface area contributed by atoms with Crippen molar-refractivity contribution in [3.63, 3.8) is 0 Å². The Hall–Kier alpha value is -2.10. The Balaban J connectivity index is 2.25. The topological polar surface area (TPSA) is 57.9 Å². The van der Waals surface area contributed by atoms with Crippen molar-refractivity contribution in [1.29, 1.82) is 0 Å². The van der Waals surface area contributed by atoms with Gasteiger partial charge in [-0.05, 0) is 5.56 Å². The lowest BCUT2D eigenvalue weighted by Crippen LogP contribution is -2.29. The molecule has 0 aliphatic rings. The third-order valence-electron chi connectivity index (χ3n) is 2.12. The lowest BCUT2D eigenvalue weighted by Gasteiger charge is -2.07. The molecule has 1 heterocycles. The van der Waals surface area contributed by atoms with Crippen molar-refractivity contribution in [1.82, 2.24) is 9.55 Å². The van der Waals surface area contributed by atoms with Crippen LogP contribution in [-0.4, -0.2) is 15.6 Å². The van der Waals surface area contributed by atoms with E-state index in [1.54, 1.807) is 0 Å². The first kappa shape index (κ1) is 9.45. The van der Waals surface area contributed by atoms with E-state index in [2.05, 4.69) is 4.98 Å². The predicted molar refractivity (Wildman–Crippen MR) is 52.3 cm³/mol. The van der Waals surface area contributed by atoms with Crippen LogP contribution in [0.4, 0.5) is 4.79 Å². The largest absolute Gasteiger partial charge is 0.529 e. The molecule has 2 aromatic rings. The van der Waals surface area contributed by atoms with Crippen molar-refractivity contribution in [3.8, 4) is 0 Å². The molecule has 0 N–H and O–H groups in total. The lowest BCUT2D eigenvalue weighted by atomic mass is 10.1. The monoisotopic (exact) mass is 201 g/mol. The number of aromatic nitrogens is 2. The maximum Gasteiger partial charge on any atom is 0.146 e. The van der Waals surface area contributed by atoms with Crippen LogP contribution in [0.3, 0.4) is 0 Å². The molecule has 15 heavy (non-hydrogen) atoms. The van der Waals surface area contributed by atoms with Crippen LogP contribution < -0.4 is 5.11 Å². The third-order valence-corrected chi connectivity index (χ3v) is 2.12. The van der Waals surface area contributed by atoms with Gasteiger partial charge in [0.25, 0.3) is 0 Å². The number of hydrogen-bond acceptors (Lipinski definition) is 3. The fraction of sp³-hybridized carbons (Fsp3) is 0.0909. The van der Waals surface area contributed by atoms with Gasteiger partial charge in [0.05, 0.1) is 0 Å². The fourth-order valence-corrected chi connectivity index (χ4v) is 1.41. The molecule has 4 nitrogen and oxygen atoms in total. The molecule has 0 unspecified atom stereocenters. The molecule has 0 bridgehead atoms. The van der Waals surface area contributed by atoms with E-state index in [0.29, 0.717) is 12.2 Å². The number of imidazole rings is 1. The molecule has 0 radical (unpaired) electrons. The van der Waals surface area contributed by atoms with Crippen molar-refractivity contribution in [3.05, 3.63) is 54.1 Å². The molecule has 76 valence electrons. The van der Waals surface area contributed by atoms with Gasteiger partial charge in [-0.3, -0.25) is 4.57 Å². The Morgan fingerprint density at radius 3 is 2.73 bits per heavy atom. The van der Waals surface area contributed by atoms with E-state index in [1.807, 2.05) is 30.3 Å². The van der Waals surface area contributed by atoms with Crippen LogP contribution in [0.1, 0.15) is 11.4 Å². The maximum absolute atomic E-state index is 10.7. The summed E-state index contributed by atoms with van der Waals surface area (Å²) in [6, 6.07) is 9.57. The van der Waals surface area contributed by atoms with Gasteiger partial charge in [0.1, 0.15) is 11.9 Å². The van der Waals surface area contributed by atoms with Crippen LogP contribution in [-0.2, 0) is 6.42 Å². The van der Waals surface area contributed by atoms with Gasteiger partial charge in [-0.25, -0.2) is 4.98 Å². The van der Waals surface area contributed by atoms with E-state index in [-0.39, 0.29) is 0 Å². The number of rotatable bonds is 2. The molecule has 0 amide bonds. The van der Waals surface area contributed by atoms with Gasteiger partial charge in [-0.15, -0.1) is 0 Å². The second-order valence-corrected chi connectivity index (χ2v) is 3.14. The summed E-state index contributed by atoms with van der Waals surface area (Å²) in [5.41, 5.74) is 1.02. The number of benzene rings is 1. The van der Waals surface area contributed by atoms with Crippen molar-refractivity contribution in [2.24, 2.45) is 0 Å². The summed E-state index contributed by atoms with van der Waals surface area (Å²) < 4.78 is 1.02. The summed E-state index contributed by atoms with van der Waals surface area (Å²) in [6.07, 6.45) is 2.07. The quantitative estimate of drug-likeness (QED) is 0.717. The SMILES string of the molecule is O=C([O-])n1ccnc1Cc1ccccc1. The lowest BCUT2D eigenvalue weighted by molar-refractivity contribution is -0.250. The Morgan fingerprint density at radius 2 is 2.07 bits per heavy atom. The number of carbonyl (C=O) groups excluding carboxylic acids is 1. The summed E-state index contributed by atoms with van der Waals surface area (Å²) >= 11 is 0. The summed E-state index contributed by atoms with van der Waals surface area (Å²) in [5, 5.41) is 10.7. The summed E-state index contributed by atoms with van der Waals surface area (Å²) in [6.45, 7) is 0. The first-order valence-corrected chi connectivity index (χ1v) is 4.55. The summed E-state index contributed by atoms with van der Waals surface area (Å²) in [4.78, 5) is 14.7. The standard InChI is InChI=1S/C11H10N2O2/c14-11(15)13-7-6-12-10(13)8-9-4-2-1-3-5-9/h1-7H,8H2,(H,14,15)/p-1. The maximum atomic E-state index is 10.7. The zero-order valence-electron chi connectivity index (χ0n) is 7.96. The average Bonchev–Trinajstić information content (AvgIpc) is 2.67. The van der Waals surface area contributed by atoms with Crippen LogP contribution >= 0.6 is 0 Å². The molecule has 0 aliphatic carbocycles. The molecule has 1 aromatic carbocycles. The second kappa shape index (κ2) is 3.96. The Bertz CT molecular complexity index is 462. The number of carbonyl (C=O) groups is 1. The summed E-state index contributed by atoms with van der Waals surface area (Å²) in [7, 11) is 0. The van der Waals surface area contributed by atoms with Gasteiger partial charge in [-0.1, -0.05) is 30.3 Å². The van der Waals surface area contributed by atoms with E-state index in [9.17, 15) is 9.90 Å². The third kappa shape index (κ3) is 2.04. The average molecular weight is 201 g/mol. The molecule has 0 aliphatic heterocycles. The number of hydrogen-bond donors (Lipinski definition) is 0. The van der Waals surface area contributed by atoms with Crippen LogP contribution in [0, 0.1) is 0 Å². The van der Waals surface area contributed by atoms with E-state index >= 15 is 0 Å². The molecular formula is C11H9N2O2-. The van der Waals surface area contributed by atoms with Crippen LogP contribution in [0.2, 0.25) is 0 Å². The normalized spacial score (nSPS) is 10.1. The van der Waals surface area contributed by atoms with E-state index in [4.69, 9.17) is 0 Å². The molecule has 0 saturated heterocycles. The van der Waals surface area contributed by atoms with E-state index < -0.39 is 6.09 Å². The van der Waals surface area contributed by atoms with Crippen LogP contribution in [0.5, 0.6) is 0 Å². The minimum absolute atomic E-state index is 0.473. The van der Waals surface area contributed by atoms with Gasteiger partial charge in [0, 0.05) is 18.8 Å². The van der Waals surface area contributed by atoms with Gasteiger partial charge in [-0.2, -0.15) is 0 Å². The highest BCUT2D eigenvalue weighted by molar-refractivity contribution is 5.66. The van der Waals surface area contributed by atoms with Gasteiger partial charge < -0.3 is 9.90 Å². The molecule has 0 saturated carbocycles. The van der Waals surface area contributed by atoms with Crippen molar-refractivity contribution in [2.75, 3.05) is 0 Å². The van der Waals surface area contributed by atoms with Crippen molar-refractivity contribution >= 4 is 6.09 Å². The van der Waals surface area contributed by atoms with E-state index in [0.717, 1.165) is 10.1 Å². The van der Waals surface area contributed by atoms with Crippen molar-refractivity contribution < 1.29 is 9.90 Å². The van der Waals surface area contributed by atoms with Crippen LogP contribution in [0.15, 0.2) is 42.7 Å². The second-order valence-electron chi connectivity index (χ2n) is 3.14. The molecule has 4 heteroatoms. The Labute approximate surface area is 86.8 Å². The van der Waals surface area contributed by atoms with Gasteiger partial charge in [0.2, 0.25) is 0 Å². The minimum Gasteiger partial charge on any atom is -0.529 e. The smallest absolute Gasteiger partial charge is 0.146 e. The Kier molecular flexibility index (Phi) is 2.49. The summed E-state index contributed by atoms with van der Waals surface area (Å²) in [5.74, 6) is 0.473. The molecule has 1 aromatic heterocycles. The zero-order valence-corrected chi connectivity index (χ0v) is 7.96. The molecular weight excluding hydrogens is 192 g/mol. The highest BCUT2D eigenvalue weighted by Gasteiger charge is 2.03. The molecule has 0 spiro atoms. The highest BCUT2D eigenvalue weighted by atomic mass is 16.4. The van der Waals surface area contributed by atoms with Crippen LogP contribution in [0.25, 0.3) is 0 Å². The number of nitrogens with zero attached hydrogens (tertiary/aromatic N) is 2. The molecule has 2 rings (SSSR count). The zero-order chi connectivity index (χ0) is 10.7. The van der Waals surface area contributed by atoms with Crippen molar-refractivity contribution in [2.45, 2.75) is 6.42 Å². The van der Waals surface area contributed by atoms with Gasteiger partial charge >= 0.3 is 0 Å². The molecule has 0 fully saturated rings. The van der Waals surface area contributed by atoms with E-state index in [1.165, 1.54) is 12.4 Å². The number of carboxylic acid groups (broad SMARTS) is 1. The first-order valence-electron chi connectivity index (χ1n) is 4.55. The molecule has 0 atom stereocenters. The minimum atomic E-state index is -1.25. The Morgan fingerprint density at radius 1 is 1.33 bits per heavy atom. The highest BCUT2D eigenvalue weighted by Crippen LogP contribution is 2.06. The van der Waals surface area contributed by atoms with Gasteiger partial charge in [0.15, 0.2) is 0 Å². The predicted octanol–water partition coefficient (Wildman–Crippen LogP) is 0.665.